The SMILES string of the molecule is CC(NC(=O)CC(C)C1CCCNC1)c1ccc2c(c1)CCC(=O)N2. The Kier molecular flexibility index (Phi) is 5.74. The van der Waals surface area contributed by atoms with Crippen LogP contribution < -0.4 is 16.0 Å². The first-order valence-corrected chi connectivity index (χ1v) is 9.45. The zero-order valence-corrected chi connectivity index (χ0v) is 15.2. The van der Waals surface area contributed by atoms with E-state index < -0.39 is 0 Å². The van der Waals surface area contributed by atoms with Gasteiger partial charge in [-0.2, -0.15) is 0 Å². The molecule has 5 heteroatoms. The normalized spacial score (nSPS) is 22.5. The Morgan fingerprint density at radius 2 is 2.16 bits per heavy atom. The maximum atomic E-state index is 12.4. The van der Waals surface area contributed by atoms with Crippen molar-refractivity contribution >= 4 is 17.5 Å². The van der Waals surface area contributed by atoms with Crippen molar-refractivity contribution in [2.24, 2.45) is 11.8 Å². The minimum Gasteiger partial charge on any atom is -0.350 e. The third kappa shape index (κ3) is 4.60. The molecule has 0 aliphatic carbocycles. The topological polar surface area (TPSA) is 70.2 Å². The second kappa shape index (κ2) is 8.00. The number of hydrogen-bond acceptors (Lipinski definition) is 3. The zero-order chi connectivity index (χ0) is 17.8. The minimum atomic E-state index is -0.0212. The van der Waals surface area contributed by atoms with Gasteiger partial charge < -0.3 is 16.0 Å². The Bertz CT molecular complexity index is 638. The van der Waals surface area contributed by atoms with Gasteiger partial charge in [-0.15, -0.1) is 0 Å². The number of fused-ring (bicyclic) bond motifs is 1. The lowest BCUT2D eigenvalue weighted by Gasteiger charge is -2.28. The number of rotatable bonds is 5. The lowest BCUT2D eigenvalue weighted by Crippen LogP contribution is -2.36. The maximum absolute atomic E-state index is 12.4. The summed E-state index contributed by atoms with van der Waals surface area (Å²) in [4.78, 5) is 23.9. The van der Waals surface area contributed by atoms with Crippen molar-refractivity contribution in [1.29, 1.82) is 0 Å². The number of carbonyl (C=O) groups excluding carboxylic acids is 2. The summed E-state index contributed by atoms with van der Waals surface area (Å²) in [6, 6.07) is 6.02. The molecule has 2 heterocycles. The van der Waals surface area contributed by atoms with E-state index in [1.54, 1.807) is 0 Å². The third-order valence-corrected chi connectivity index (χ3v) is 5.55. The predicted molar refractivity (Wildman–Crippen MR) is 99.3 cm³/mol. The highest BCUT2D eigenvalue weighted by atomic mass is 16.2. The van der Waals surface area contributed by atoms with Gasteiger partial charge >= 0.3 is 0 Å². The number of aryl methyl sites for hydroxylation is 1. The van der Waals surface area contributed by atoms with Gasteiger partial charge in [0.15, 0.2) is 0 Å². The fourth-order valence-electron chi connectivity index (χ4n) is 3.88. The summed E-state index contributed by atoms with van der Waals surface area (Å²) in [5.41, 5.74) is 3.15. The largest absolute Gasteiger partial charge is 0.350 e. The van der Waals surface area contributed by atoms with Gasteiger partial charge in [0.05, 0.1) is 6.04 Å². The summed E-state index contributed by atoms with van der Waals surface area (Å²) in [5, 5.41) is 9.46. The summed E-state index contributed by atoms with van der Waals surface area (Å²) in [6.07, 6.45) is 4.30. The first-order valence-electron chi connectivity index (χ1n) is 9.45. The van der Waals surface area contributed by atoms with Crippen molar-refractivity contribution in [3.63, 3.8) is 0 Å². The Hall–Kier alpha value is -1.88. The second-order valence-electron chi connectivity index (χ2n) is 7.54. The van der Waals surface area contributed by atoms with Crippen LogP contribution in [0, 0.1) is 11.8 Å². The van der Waals surface area contributed by atoms with Crippen molar-refractivity contribution in [2.75, 3.05) is 18.4 Å². The van der Waals surface area contributed by atoms with Crippen molar-refractivity contribution in [1.82, 2.24) is 10.6 Å². The van der Waals surface area contributed by atoms with Crippen LogP contribution in [0.2, 0.25) is 0 Å². The molecule has 3 rings (SSSR count). The van der Waals surface area contributed by atoms with Gasteiger partial charge in [-0.1, -0.05) is 19.1 Å². The highest BCUT2D eigenvalue weighted by molar-refractivity contribution is 5.93. The lowest BCUT2D eigenvalue weighted by atomic mass is 9.85. The monoisotopic (exact) mass is 343 g/mol. The average Bonchev–Trinajstić information content (AvgIpc) is 2.61. The number of piperidine rings is 1. The van der Waals surface area contributed by atoms with Gasteiger partial charge in [0.2, 0.25) is 11.8 Å². The molecule has 5 nitrogen and oxygen atoms in total. The molecule has 1 aromatic rings. The molecule has 2 amide bonds. The second-order valence-corrected chi connectivity index (χ2v) is 7.54. The summed E-state index contributed by atoms with van der Waals surface area (Å²) in [5.74, 6) is 1.20. The Labute approximate surface area is 150 Å². The van der Waals surface area contributed by atoms with Crippen LogP contribution in [-0.4, -0.2) is 24.9 Å². The molecule has 0 spiro atoms. The Morgan fingerprint density at radius 3 is 2.92 bits per heavy atom. The van der Waals surface area contributed by atoms with Crippen molar-refractivity contribution in [3.8, 4) is 0 Å². The minimum absolute atomic E-state index is 0.0212. The molecular formula is C20H29N3O2. The standard InChI is InChI=1S/C20H29N3O2/c1-13(17-4-3-9-21-12-17)10-20(25)22-14(2)15-5-7-18-16(11-15)6-8-19(24)23-18/h5,7,11,13-14,17,21H,3-4,6,8-10,12H2,1-2H3,(H,22,25)(H,23,24). The number of amides is 2. The fraction of sp³-hybridized carbons (Fsp3) is 0.600. The number of hydrogen-bond donors (Lipinski definition) is 3. The molecule has 1 aromatic carbocycles. The van der Waals surface area contributed by atoms with Gasteiger partial charge in [-0.25, -0.2) is 0 Å². The molecule has 3 unspecified atom stereocenters. The van der Waals surface area contributed by atoms with Crippen LogP contribution in [0.3, 0.4) is 0 Å². The smallest absolute Gasteiger partial charge is 0.224 e. The summed E-state index contributed by atoms with van der Waals surface area (Å²) >= 11 is 0. The number of carbonyl (C=O) groups is 2. The van der Waals surface area contributed by atoms with Crippen LogP contribution in [0.1, 0.15) is 56.7 Å². The molecule has 2 aliphatic heterocycles. The van der Waals surface area contributed by atoms with E-state index in [1.807, 2.05) is 19.1 Å². The average molecular weight is 343 g/mol. The molecule has 3 N–H and O–H groups in total. The van der Waals surface area contributed by atoms with Crippen molar-refractivity contribution in [3.05, 3.63) is 29.3 Å². The molecule has 3 atom stereocenters. The van der Waals surface area contributed by atoms with Crippen LogP contribution in [0.15, 0.2) is 18.2 Å². The van der Waals surface area contributed by atoms with E-state index in [-0.39, 0.29) is 17.9 Å². The van der Waals surface area contributed by atoms with E-state index in [4.69, 9.17) is 0 Å². The molecule has 0 saturated carbocycles. The third-order valence-electron chi connectivity index (χ3n) is 5.55. The Balaban J connectivity index is 1.55. The maximum Gasteiger partial charge on any atom is 0.224 e. The van der Waals surface area contributed by atoms with E-state index >= 15 is 0 Å². The van der Waals surface area contributed by atoms with Gasteiger partial charge in [0.25, 0.3) is 0 Å². The molecule has 136 valence electrons. The van der Waals surface area contributed by atoms with E-state index in [0.29, 0.717) is 24.7 Å². The van der Waals surface area contributed by atoms with Crippen molar-refractivity contribution < 1.29 is 9.59 Å². The van der Waals surface area contributed by atoms with Gasteiger partial charge in [0, 0.05) is 18.5 Å². The molecule has 0 aromatic heterocycles. The molecule has 25 heavy (non-hydrogen) atoms. The molecule has 0 bridgehead atoms. The quantitative estimate of drug-likeness (QED) is 0.770. The van der Waals surface area contributed by atoms with Crippen LogP contribution in [-0.2, 0) is 16.0 Å². The van der Waals surface area contributed by atoms with E-state index in [0.717, 1.165) is 36.3 Å². The van der Waals surface area contributed by atoms with Crippen LogP contribution in [0.25, 0.3) is 0 Å². The van der Waals surface area contributed by atoms with E-state index in [9.17, 15) is 9.59 Å². The van der Waals surface area contributed by atoms with E-state index in [2.05, 4.69) is 28.9 Å². The molecule has 1 fully saturated rings. The lowest BCUT2D eigenvalue weighted by molar-refractivity contribution is -0.123. The van der Waals surface area contributed by atoms with Gasteiger partial charge in [0.1, 0.15) is 0 Å². The number of benzene rings is 1. The van der Waals surface area contributed by atoms with Crippen LogP contribution >= 0.6 is 0 Å². The van der Waals surface area contributed by atoms with Crippen LogP contribution in [0.5, 0.6) is 0 Å². The van der Waals surface area contributed by atoms with Crippen molar-refractivity contribution in [2.45, 2.75) is 52.0 Å². The molecular weight excluding hydrogens is 314 g/mol. The predicted octanol–water partition coefficient (Wildman–Crippen LogP) is 2.77. The Morgan fingerprint density at radius 1 is 1.32 bits per heavy atom. The van der Waals surface area contributed by atoms with Gasteiger partial charge in [-0.3, -0.25) is 9.59 Å². The fourth-order valence-corrected chi connectivity index (χ4v) is 3.88. The number of anilines is 1. The first kappa shape index (κ1) is 17.9. The first-order chi connectivity index (χ1) is 12.0. The highest BCUT2D eigenvalue weighted by Crippen LogP contribution is 2.27. The zero-order valence-electron chi connectivity index (χ0n) is 15.2. The van der Waals surface area contributed by atoms with Crippen LogP contribution in [0.4, 0.5) is 5.69 Å². The van der Waals surface area contributed by atoms with Gasteiger partial charge in [-0.05, 0) is 68.3 Å². The molecule has 1 saturated heterocycles. The van der Waals surface area contributed by atoms with E-state index in [1.165, 1.54) is 12.8 Å². The summed E-state index contributed by atoms with van der Waals surface area (Å²) in [6.45, 7) is 6.34. The summed E-state index contributed by atoms with van der Waals surface area (Å²) < 4.78 is 0. The molecule has 2 aliphatic rings. The summed E-state index contributed by atoms with van der Waals surface area (Å²) in [7, 11) is 0. The number of nitrogens with one attached hydrogen (secondary N) is 3. The highest BCUT2D eigenvalue weighted by Gasteiger charge is 2.23. The molecule has 0 radical (unpaired) electrons.